The number of hydrogen-bond donors (Lipinski definition) is 3. The summed E-state index contributed by atoms with van der Waals surface area (Å²) in [7, 11) is 1.99. The highest BCUT2D eigenvalue weighted by Crippen LogP contribution is 2.15. The van der Waals surface area contributed by atoms with Gasteiger partial charge in [0.05, 0.1) is 6.67 Å². The third kappa shape index (κ3) is 3.76. The quantitative estimate of drug-likeness (QED) is 0.395. The lowest BCUT2D eigenvalue weighted by Crippen LogP contribution is -2.38. The van der Waals surface area contributed by atoms with Crippen molar-refractivity contribution in [3.8, 4) is 0 Å². The summed E-state index contributed by atoms with van der Waals surface area (Å²) in [4.78, 5) is 4.73. The molecular formula is C9H16N4S. The first-order valence-electron chi connectivity index (χ1n) is 4.39. The number of aryl methyl sites for hydroxylation is 1. The standard InChI is InChI=1S/C9H16N4S/c1-7-3-4-8(14-7)5-13(2)6-12-9(10)11/h3-4H,5-6H2,1-2H3,(H4,10,11,12). The summed E-state index contributed by atoms with van der Waals surface area (Å²) >= 11 is 1.80. The maximum Gasteiger partial charge on any atom is 0.186 e. The van der Waals surface area contributed by atoms with Crippen LogP contribution in [0.2, 0.25) is 0 Å². The Morgan fingerprint density at radius 1 is 1.64 bits per heavy atom. The summed E-state index contributed by atoms with van der Waals surface area (Å²) in [5, 5.41) is 9.78. The topological polar surface area (TPSA) is 65.1 Å². The summed E-state index contributed by atoms with van der Waals surface area (Å²) < 4.78 is 0. The Hall–Kier alpha value is -1.07. The molecule has 0 saturated heterocycles. The molecule has 1 rings (SSSR count). The molecule has 0 aromatic carbocycles. The molecule has 0 aliphatic heterocycles. The molecule has 78 valence electrons. The minimum atomic E-state index is 0.0132. The fraction of sp³-hybridized carbons (Fsp3) is 0.444. The predicted molar refractivity (Wildman–Crippen MR) is 60.4 cm³/mol. The van der Waals surface area contributed by atoms with Crippen LogP contribution in [0.1, 0.15) is 9.75 Å². The van der Waals surface area contributed by atoms with Crippen LogP contribution < -0.4 is 11.1 Å². The lowest BCUT2D eigenvalue weighted by atomic mass is 10.4. The fourth-order valence-corrected chi connectivity index (χ4v) is 2.08. The van der Waals surface area contributed by atoms with Gasteiger partial charge in [0.15, 0.2) is 5.96 Å². The smallest absolute Gasteiger partial charge is 0.186 e. The van der Waals surface area contributed by atoms with Crippen LogP contribution in [0.3, 0.4) is 0 Å². The number of nitrogens with zero attached hydrogens (tertiary/aromatic N) is 1. The summed E-state index contributed by atoms with van der Waals surface area (Å²) in [5.74, 6) is 0.0132. The number of hydrogen-bond acceptors (Lipinski definition) is 3. The molecule has 5 heteroatoms. The van der Waals surface area contributed by atoms with Crippen molar-refractivity contribution in [2.24, 2.45) is 5.73 Å². The van der Waals surface area contributed by atoms with Crippen LogP contribution in [0, 0.1) is 12.3 Å². The first-order chi connectivity index (χ1) is 6.58. The van der Waals surface area contributed by atoms with Crippen LogP contribution in [-0.2, 0) is 6.54 Å². The van der Waals surface area contributed by atoms with Crippen LogP contribution >= 0.6 is 11.3 Å². The monoisotopic (exact) mass is 212 g/mol. The molecule has 0 bridgehead atoms. The summed E-state index contributed by atoms with van der Waals surface area (Å²) in [6.45, 7) is 3.59. The van der Waals surface area contributed by atoms with E-state index in [1.165, 1.54) is 9.75 Å². The van der Waals surface area contributed by atoms with Gasteiger partial charge in [0, 0.05) is 16.3 Å². The molecule has 0 aliphatic carbocycles. The van der Waals surface area contributed by atoms with Gasteiger partial charge in [-0.25, -0.2) is 0 Å². The van der Waals surface area contributed by atoms with Crippen molar-refractivity contribution in [2.75, 3.05) is 13.7 Å². The summed E-state index contributed by atoms with van der Waals surface area (Å²) in [5.41, 5.74) is 5.19. The van der Waals surface area contributed by atoms with E-state index in [-0.39, 0.29) is 5.96 Å². The zero-order chi connectivity index (χ0) is 10.6. The van der Waals surface area contributed by atoms with E-state index in [1.807, 2.05) is 7.05 Å². The van der Waals surface area contributed by atoms with E-state index in [0.29, 0.717) is 6.67 Å². The Bertz CT molecular complexity index is 308. The van der Waals surface area contributed by atoms with Gasteiger partial charge in [-0.1, -0.05) is 0 Å². The fourth-order valence-electron chi connectivity index (χ4n) is 1.11. The molecule has 1 heterocycles. The van der Waals surface area contributed by atoms with E-state index in [2.05, 4.69) is 29.3 Å². The first-order valence-corrected chi connectivity index (χ1v) is 5.21. The van der Waals surface area contributed by atoms with Gasteiger partial charge in [-0.2, -0.15) is 0 Å². The second-order valence-electron chi connectivity index (χ2n) is 3.28. The van der Waals surface area contributed by atoms with Gasteiger partial charge in [0.1, 0.15) is 0 Å². The van der Waals surface area contributed by atoms with E-state index < -0.39 is 0 Å². The molecule has 4 N–H and O–H groups in total. The minimum absolute atomic E-state index is 0.0132. The highest BCUT2D eigenvalue weighted by atomic mass is 32.1. The molecule has 0 fully saturated rings. The van der Waals surface area contributed by atoms with Crippen LogP contribution in [-0.4, -0.2) is 24.6 Å². The molecule has 0 aliphatic rings. The summed E-state index contributed by atoms with van der Waals surface area (Å²) in [6.07, 6.45) is 0. The molecule has 0 unspecified atom stereocenters. The van der Waals surface area contributed by atoms with Crippen molar-refractivity contribution < 1.29 is 0 Å². The van der Waals surface area contributed by atoms with Crippen LogP contribution in [0.4, 0.5) is 0 Å². The van der Waals surface area contributed by atoms with Gasteiger partial charge in [-0.15, -0.1) is 11.3 Å². The van der Waals surface area contributed by atoms with Gasteiger partial charge in [-0.05, 0) is 26.1 Å². The van der Waals surface area contributed by atoms with Crippen LogP contribution in [0.15, 0.2) is 12.1 Å². The number of guanidine groups is 1. The van der Waals surface area contributed by atoms with Gasteiger partial charge in [0.25, 0.3) is 0 Å². The largest absolute Gasteiger partial charge is 0.370 e. The first kappa shape index (κ1) is 11.0. The lowest BCUT2D eigenvalue weighted by molar-refractivity contribution is 0.323. The van der Waals surface area contributed by atoms with Crippen molar-refractivity contribution in [2.45, 2.75) is 13.5 Å². The summed E-state index contributed by atoms with van der Waals surface area (Å²) in [6, 6.07) is 4.25. The van der Waals surface area contributed by atoms with Crippen molar-refractivity contribution in [3.05, 3.63) is 21.9 Å². The normalized spacial score (nSPS) is 10.5. The molecular weight excluding hydrogens is 196 g/mol. The molecule has 4 nitrogen and oxygen atoms in total. The Kier molecular flexibility index (Phi) is 3.91. The molecule has 0 saturated carbocycles. The number of nitrogens with one attached hydrogen (secondary N) is 2. The highest BCUT2D eigenvalue weighted by Gasteiger charge is 2.01. The van der Waals surface area contributed by atoms with Crippen molar-refractivity contribution in [1.82, 2.24) is 10.2 Å². The molecule has 0 radical (unpaired) electrons. The number of rotatable bonds is 4. The van der Waals surface area contributed by atoms with Crippen molar-refractivity contribution in [3.63, 3.8) is 0 Å². The van der Waals surface area contributed by atoms with Crippen LogP contribution in [0.5, 0.6) is 0 Å². The predicted octanol–water partition coefficient (Wildman–Crippen LogP) is 0.929. The molecule has 0 spiro atoms. The number of nitrogens with two attached hydrogens (primary N) is 1. The third-order valence-corrected chi connectivity index (χ3v) is 2.75. The molecule has 0 amide bonds. The second-order valence-corrected chi connectivity index (χ2v) is 4.65. The van der Waals surface area contributed by atoms with Crippen LogP contribution in [0.25, 0.3) is 0 Å². The van der Waals surface area contributed by atoms with E-state index in [4.69, 9.17) is 11.1 Å². The van der Waals surface area contributed by atoms with Gasteiger partial charge in [0.2, 0.25) is 0 Å². The lowest BCUT2D eigenvalue weighted by Gasteiger charge is -2.15. The molecule has 14 heavy (non-hydrogen) atoms. The van der Waals surface area contributed by atoms with E-state index >= 15 is 0 Å². The maximum absolute atomic E-state index is 7.01. The van der Waals surface area contributed by atoms with Gasteiger partial charge >= 0.3 is 0 Å². The second kappa shape index (κ2) is 4.97. The van der Waals surface area contributed by atoms with E-state index in [1.54, 1.807) is 11.3 Å². The Labute approximate surface area is 88.2 Å². The zero-order valence-electron chi connectivity index (χ0n) is 8.50. The average Bonchev–Trinajstić information content (AvgIpc) is 2.48. The van der Waals surface area contributed by atoms with Crippen molar-refractivity contribution >= 4 is 17.3 Å². The average molecular weight is 212 g/mol. The molecule has 1 aromatic rings. The highest BCUT2D eigenvalue weighted by molar-refractivity contribution is 7.11. The van der Waals surface area contributed by atoms with Gasteiger partial charge in [-0.3, -0.25) is 10.3 Å². The Morgan fingerprint density at radius 2 is 2.36 bits per heavy atom. The number of thiophene rings is 1. The molecule has 1 aromatic heterocycles. The SMILES string of the molecule is Cc1ccc(CN(C)CNC(=N)N)s1. The Balaban J connectivity index is 2.33. The maximum atomic E-state index is 7.01. The molecule has 0 atom stereocenters. The zero-order valence-corrected chi connectivity index (χ0v) is 9.32. The van der Waals surface area contributed by atoms with E-state index in [0.717, 1.165) is 6.54 Å². The Morgan fingerprint density at radius 3 is 2.86 bits per heavy atom. The van der Waals surface area contributed by atoms with Crippen molar-refractivity contribution in [1.29, 1.82) is 5.41 Å². The van der Waals surface area contributed by atoms with E-state index in [9.17, 15) is 0 Å². The minimum Gasteiger partial charge on any atom is -0.370 e. The third-order valence-electron chi connectivity index (χ3n) is 1.76. The van der Waals surface area contributed by atoms with Gasteiger partial charge < -0.3 is 11.1 Å².